The Labute approximate surface area is 162 Å². The number of hydrogen-bond acceptors (Lipinski definition) is 5. The number of hydrazine groups is 1. The second-order valence-electron chi connectivity index (χ2n) is 7.28. The molecule has 0 N–H and O–H groups in total. The first kappa shape index (κ1) is 23.2. The van der Waals surface area contributed by atoms with E-state index in [1.807, 2.05) is 45.7 Å². The van der Waals surface area contributed by atoms with E-state index in [0.717, 1.165) is 0 Å². The van der Waals surface area contributed by atoms with Crippen LogP contribution >= 0.6 is 8.53 Å². The van der Waals surface area contributed by atoms with Crippen molar-refractivity contribution in [3.63, 3.8) is 0 Å². The third-order valence-electron chi connectivity index (χ3n) is 4.63. The van der Waals surface area contributed by atoms with E-state index in [9.17, 15) is 15.0 Å². The van der Waals surface area contributed by atoms with E-state index >= 15 is 0 Å². The van der Waals surface area contributed by atoms with Crippen molar-refractivity contribution in [1.29, 1.82) is 5.26 Å². The lowest BCUT2D eigenvalue weighted by atomic mass is 10.1. The summed E-state index contributed by atoms with van der Waals surface area (Å²) in [7, 11) is -2.32. The van der Waals surface area contributed by atoms with E-state index in [0.29, 0.717) is 9.52 Å². The van der Waals surface area contributed by atoms with Gasteiger partial charge in [0.15, 0.2) is 0 Å². The van der Waals surface area contributed by atoms with Crippen LogP contribution in [0.25, 0.3) is 0 Å². The van der Waals surface area contributed by atoms with E-state index in [4.69, 9.17) is 0 Å². The van der Waals surface area contributed by atoms with Crippen LogP contribution in [0, 0.1) is 31.1 Å². The highest BCUT2D eigenvalue weighted by molar-refractivity contribution is 7.39. The molecule has 0 aromatic heterocycles. The summed E-state index contributed by atoms with van der Waals surface area (Å²) in [5, 5.41) is 12.8. The van der Waals surface area contributed by atoms with E-state index < -0.39 is 8.53 Å². The summed E-state index contributed by atoms with van der Waals surface area (Å²) < 4.78 is 1.36. The lowest BCUT2D eigenvalue weighted by molar-refractivity contribution is -0.319. The van der Waals surface area contributed by atoms with E-state index in [2.05, 4.69) is 32.0 Å². The fourth-order valence-electron chi connectivity index (χ4n) is 3.11. The van der Waals surface area contributed by atoms with Crippen LogP contribution in [0.5, 0.6) is 0 Å². The van der Waals surface area contributed by atoms with Crippen LogP contribution in [-0.4, -0.2) is 37.9 Å². The lowest BCUT2D eigenvalue weighted by Crippen LogP contribution is -2.52. The van der Waals surface area contributed by atoms with Gasteiger partial charge < -0.3 is 9.79 Å². The molecular formula is C19H30N3O2PSi-2. The van der Waals surface area contributed by atoms with Crippen LogP contribution < -0.4 is 15.0 Å². The molecule has 0 aliphatic rings. The van der Waals surface area contributed by atoms with Gasteiger partial charge in [-0.05, 0) is 58.2 Å². The van der Waals surface area contributed by atoms with Crippen molar-refractivity contribution < 1.29 is 9.79 Å². The molecular weight excluding hydrogens is 361 g/mol. The second-order valence-corrected chi connectivity index (χ2v) is 9.95. The van der Waals surface area contributed by atoms with Crippen LogP contribution in [0.1, 0.15) is 45.7 Å². The van der Waals surface area contributed by atoms with Gasteiger partial charge in [-0.15, -0.1) is 0 Å². The Morgan fingerprint density at radius 2 is 1.69 bits per heavy atom. The minimum atomic E-state index is -2.79. The molecule has 0 saturated carbocycles. The van der Waals surface area contributed by atoms with Gasteiger partial charge in [0.05, 0.1) is 21.5 Å². The number of benzene rings is 1. The topological polar surface area (TPSA) is 76.4 Å². The van der Waals surface area contributed by atoms with Crippen molar-refractivity contribution in [2.24, 2.45) is 5.92 Å². The van der Waals surface area contributed by atoms with E-state index in [1.165, 1.54) is 21.1 Å². The fourth-order valence-corrected chi connectivity index (χ4v) is 5.48. The average molecular weight is 392 g/mol. The molecule has 1 aromatic carbocycles. The number of nitriles is 1. The van der Waals surface area contributed by atoms with Gasteiger partial charge in [-0.1, -0.05) is 30.3 Å². The zero-order chi connectivity index (χ0) is 20.0. The molecule has 0 heterocycles. The minimum Gasteiger partial charge on any atom is -0.829 e. The average Bonchev–Trinajstić information content (AvgIpc) is 2.54. The summed E-state index contributed by atoms with van der Waals surface area (Å²) in [4.78, 5) is 23.8. The maximum atomic E-state index is 11.9. The van der Waals surface area contributed by atoms with Crippen LogP contribution in [0.2, 0.25) is 5.54 Å². The molecule has 0 spiro atoms. The van der Waals surface area contributed by atoms with Gasteiger partial charge in [0.25, 0.3) is 0 Å². The molecule has 0 fully saturated rings. The van der Waals surface area contributed by atoms with Crippen molar-refractivity contribution >= 4 is 23.2 Å². The van der Waals surface area contributed by atoms with Crippen molar-refractivity contribution in [2.45, 2.75) is 66.1 Å². The van der Waals surface area contributed by atoms with E-state index in [1.54, 1.807) is 0 Å². The smallest absolute Gasteiger partial charge is 0.0857 e. The molecule has 26 heavy (non-hydrogen) atoms. The number of hydrogen-bond donors (Lipinski definition) is 0. The highest BCUT2D eigenvalue weighted by Crippen LogP contribution is 2.30. The third-order valence-corrected chi connectivity index (χ3v) is 7.09. The molecule has 0 aliphatic heterocycles. The summed E-state index contributed by atoms with van der Waals surface area (Å²) in [5.41, 5.74) is 2.58. The van der Waals surface area contributed by atoms with Crippen LogP contribution in [0.15, 0.2) is 18.2 Å². The first-order valence-electron chi connectivity index (χ1n) is 9.02. The Morgan fingerprint density at radius 3 is 2.15 bits per heavy atom. The number of aryl methyl sites for hydroxylation is 1. The normalized spacial score (nSPS) is 14.5. The molecule has 144 valence electrons. The summed E-state index contributed by atoms with van der Waals surface area (Å²) >= 11 is 0. The molecule has 1 aromatic rings. The summed E-state index contributed by atoms with van der Waals surface area (Å²) in [5.74, 6) is -0.360. The maximum Gasteiger partial charge on any atom is 0.0857 e. The molecule has 2 atom stereocenters. The first-order chi connectivity index (χ1) is 12.1. The van der Waals surface area contributed by atoms with Crippen molar-refractivity contribution in [3.8, 4) is 6.07 Å². The zero-order valence-corrected chi connectivity index (χ0v) is 18.7. The first-order valence-corrected chi connectivity index (χ1v) is 11.2. The van der Waals surface area contributed by atoms with Crippen LogP contribution in [0.4, 0.5) is 0 Å². The van der Waals surface area contributed by atoms with Crippen LogP contribution in [-0.2, 0) is 0 Å². The molecule has 0 aliphatic carbocycles. The quantitative estimate of drug-likeness (QED) is 0.365. The Hall–Kier alpha value is -0.803. The number of rotatable bonds is 9. The Kier molecular flexibility index (Phi) is 9.39. The predicted octanol–water partition coefficient (Wildman–Crippen LogP) is 1.86. The van der Waals surface area contributed by atoms with Gasteiger partial charge in [0.1, 0.15) is 0 Å². The molecule has 2 radical (unpaired) electrons. The van der Waals surface area contributed by atoms with E-state index in [-0.39, 0.29) is 30.1 Å². The second kappa shape index (κ2) is 10.5. The summed E-state index contributed by atoms with van der Waals surface area (Å²) in [6.07, 6.45) is 0. The Bertz CT molecular complexity index is 611. The molecule has 5 nitrogen and oxygen atoms in total. The maximum absolute atomic E-state index is 11.9. The molecule has 1 rings (SSSR count). The highest BCUT2D eigenvalue weighted by atomic mass is 31.2. The number of nitrogens with zero attached hydrogens (tertiary/aromatic N) is 3. The summed E-state index contributed by atoms with van der Waals surface area (Å²) in [6, 6.07) is 8.66. The molecule has 0 amide bonds. The monoisotopic (exact) mass is 391 g/mol. The fraction of sp³-hybridized carbons (Fsp3) is 0.632. The molecule has 0 bridgehead atoms. The van der Waals surface area contributed by atoms with Gasteiger partial charge >= 0.3 is 0 Å². The largest absolute Gasteiger partial charge is 0.829 e. The van der Waals surface area contributed by atoms with Gasteiger partial charge in [-0.3, -0.25) is 0 Å². The van der Waals surface area contributed by atoms with Gasteiger partial charge in [-0.25, -0.2) is 18.3 Å². The molecule has 7 heteroatoms. The van der Waals surface area contributed by atoms with Crippen molar-refractivity contribution in [2.75, 3.05) is 6.54 Å². The third kappa shape index (κ3) is 6.13. The Morgan fingerprint density at radius 1 is 1.12 bits per heavy atom. The van der Waals surface area contributed by atoms with Crippen molar-refractivity contribution in [1.82, 2.24) is 9.79 Å². The lowest BCUT2D eigenvalue weighted by Gasteiger charge is -2.53. The standard InChI is InChI=1S/C19H30N3O2PSi/c1-13(2)22(14(3)4)21(25(23)24)12-18(11-20)17(7)26-19-10-8-9-15(5)16(19)6/h8-10,13-14,17-18H,12H2,1-7H3/q-2. The van der Waals surface area contributed by atoms with Crippen molar-refractivity contribution in [3.05, 3.63) is 29.3 Å². The summed E-state index contributed by atoms with van der Waals surface area (Å²) in [6.45, 7) is 14.3. The van der Waals surface area contributed by atoms with Gasteiger partial charge in [0, 0.05) is 18.6 Å². The van der Waals surface area contributed by atoms with Gasteiger partial charge in [0.2, 0.25) is 0 Å². The Balaban J connectivity index is 2.98. The highest BCUT2D eigenvalue weighted by Gasteiger charge is 2.26. The molecule has 0 saturated heterocycles. The minimum absolute atomic E-state index is 0.0408. The predicted molar refractivity (Wildman–Crippen MR) is 106 cm³/mol. The zero-order valence-electron chi connectivity index (χ0n) is 16.9. The molecule has 2 unspecified atom stereocenters. The van der Waals surface area contributed by atoms with Gasteiger partial charge in [-0.2, -0.15) is 5.26 Å². The SMILES string of the molecule is Cc1cccc([Si]C(C)C(C#N)CN(N(C(C)C)C(C)C)P([O-])[O-])c1C. The van der Waals surface area contributed by atoms with Crippen LogP contribution in [0.3, 0.4) is 0 Å².